The van der Waals surface area contributed by atoms with Crippen molar-refractivity contribution in [2.24, 2.45) is 0 Å². The van der Waals surface area contributed by atoms with E-state index in [1.54, 1.807) is 4.90 Å². The highest BCUT2D eigenvalue weighted by Crippen LogP contribution is 2.27. The number of aliphatic carboxylic acids is 1. The number of amides is 2. The van der Waals surface area contributed by atoms with Crippen molar-refractivity contribution in [3.05, 3.63) is 29.8 Å². The molecule has 2 rings (SSSR count). The number of carboxylic acids is 1. The number of carbonyl (C=O) groups is 3. The summed E-state index contributed by atoms with van der Waals surface area (Å²) in [5.74, 6) is -1.36. The van der Waals surface area contributed by atoms with E-state index in [-0.39, 0.29) is 24.8 Å². The predicted octanol–water partition coefficient (Wildman–Crippen LogP) is 1.68. The van der Waals surface area contributed by atoms with Gasteiger partial charge in [0.05, 0.1) is 0 Å². The van der Waals surface area contributed by atoms with Crippen molar-refractivity contribution in [2.45, 2.75) is 38.6 Å². The van der Waals surface area contributed by atoms with E-state index < -0.39 is 11.5 Å². The largest absolute Gasteiger partial charge is 0.480 e. The van der Waals surface area contributed by atoms with Crippen LogP contribution in [0.3, 0.4) is 0 Å². The van der Waals surface area contributed by atoms with Gasteiger partial charge in [-0.2, -0.15) is 0 Å². The Labute approximate surface area is 135 Å². The Morgan fingerprint density at radius 3 is 2.57 bits per heavy atom. The van der Waals surface area contributed by atoms with Crippen molar-refractivity contribution >= 4 is 23.5 Å². The second kappa shape index (κ2) is 6.40. The van der Waals surface area contributed by atoms with E-state index in [2.05, 4.69) is 0 Å². The maximum atomic E-state index is 12.3. The third kappa shape index (κ3) is 3.36. The molecule has 0 bridgehead atoms. The molecule has 124 valence electrons. The number of nitrogens with zero attached hydrogens (tertiary/aromatic N) is 2. The van der Waals surface area contributed by atoms with Gasteiger partial charge in [-0.25, -0.2) is 4.79 Å². The molecule has 2 amide bonds. The zero-order valence-electron chi connectivity index (χ0n) is 13.7. The first-order chi connectivity index (χ1) is 10.7. The zero-order valence-corrected chi connectivity index (χ0v) is 13.7. The number of benzene rings is 1. The lowest BCUT2D eigenvalue weighted by atomic mass is 10.0. The van der Waals surface area contributed by atoms with Crippen LogP contribution in [-0.2, 0) is 20.8 Å². The van der Waals surface area contributed by atoms with E-state index in [0.29, 0.717) is 12.8 Å². The summed E-state index contributed by atoms with van der Waals surface area (Å²) >= 11 is 0. The average Bonchev–Trinajstić information content (AvgIpc) is 2.52. The van der Waals surface area contributed by atoms with Gasteiger partial charge >= 0.3 is 5.97 Å². The fourth-order valence-electron chi connectivity index (χ4n) is 2.57. The number of aryl methyl sites for hydroxylation is 1. The van der Waals surface area contributed by atoms with Gasteiger partial charge in [-0.1, -0.05) is 18.2 Å². The first kappa shape index (κ1) is 17.0. The number of rotatable bonds is 5. The van der Waals surface area contributed by atoms with Crippen LogP contribution >= 0.6 is 0 Å². The van der Waals surface area contributed by atoms with Crippen LogP contribution in [0, 0.1) is 0 Å². The van der Waals surface area contributed by atoms with Gasteiger partial charge in [0.25, 0.3) is 0 Å². The highest BCUT2D eigenvalue weighted by molar-refractivity contribution is 5.97. The smallest absolute Gasteiger partial charge is 0.329 e. The number of fused-ring (bicyclic) bond motifs is 1. The molecule has 0 aromatic heterocycles. The molecule has 1 heterocycles. The minimum Gasteiger partial charge on any atom is -0.480 e. The topological polar surface area (TPSA) is 77.9 Å². The predicted molar refractivity (Wildman–Crippen MR) is 86.2 cm³/mol. The fraction of sp³-hybridized carbons (Fsp3) is 0.471. The Hall–Kier alpha value is -2.37. The molecule has 23 heavy (non-hydrogen) atoms. The van der Waals surface area contributed by atoms with Crippen LogP contribution in [0.5, 0.6) is 0 Å². The number of para-hydroxylation sites is 1. The Kier molecular flexibility index (Phi) is 4.73. The molecule has 0 atom stereocenters. The van der Waals surface area contributed by atoms with Gasteiger partial charge in [-0.05, 0) is 31.9 Å². The molecule has 1 aliphatic heterocycles. The van der Waals surface area contributed by atoms with Crippen molar-refractivity contribution in [3.63, 3.8) is 0 Å². The molecular weight excluding hydrogens is 296 g/mol. The third-order valence-corrected chi connectivity index (χ3v) is 4.48. The summed E-state index contributed by atoms with van der Waals surface area (Å²) < 4.78 is 0. The first-order valence-corrected chi connectivity index (χ1v) is 7.63. The van der Waals surface area contributed by atoms with E-state index in [1.807, 2.05) is 24.3 Å². The fourth-order valence-corrected chi connectivity index (χ4v) is 2.57. The summed E-state index contributed by atoms with van der Waals surface area (Å²) in [5.41, 5.74) is 0.663. The van der Waals surface area contributed by atoms with Gasteiger partial charge in [0.1, 0.15) is 5.54 Å². The Morgan fingerprint density at radius 2 is 1.91 bits per heavy atom. The van der Waals surface area contributed by atoms with E-state index in [0.717, 1.165) is 11.3 Å². The normalized spacial score (nSPS) is 14.4. The lowest BCUT2D eigenvalue weighted by Crippen LogP contribution is -2.51. The SMILES string of the molecule is CN(C(=O)CCN1C(=O)CCc2ccccc21)C(C)(C)C(=O)O. The van der Waals surface area contributed by atoms with Crippen LogP contribution in [0.2, 0.25) is 0 Å². The molecule has 1 aromatic carbocycles. The van der Waals surface area contributed by atoms with Gasteiger partial charge in [0.2, 0.25) is 11.8 Å². The highest BCUT2D eigenvalue weighted by atomic mass is 16.4. The van der Waals surface area contributed by atoms with Crippen LogP contribution in [0.4, 0.5) is 5.69 Å². The van der Waals surface area contributed by atoms with Crippen LogP contribution in [0.25, 0.3) is 0 Å². The number of likely N-dealkylation sites (N-methyl/N-ethyl adjacent to an activating group) is 1. The van der Waals surface area contributed by atoms with Gasteiger partial charge in [-0.3, -0.25) is 9.59 Å². The quantitative estimate of drug-likeness (QED) is 0.896. The number of carboxylic acid groups (broad SMARTS) is 1. The maximum Gasteiger partial charge on any atom is 0.329 e. The molecule has 0 saturated carbocycles. The van der Waals surface area contributed by atoms with Crippen LogP contribution in [-0.4, -0.2) is 46.9 Å². The molecule has 0 radical (unpaired) electrons. The molecule has 6 heteroatoms. The standard InChI is InChI=1S/C17H22N2O4/c1-17(2,16(22)23)18(3)14(20)10-11-19-13-7-5-4-6-12(13)8-9-15(19)21/h4-7H,8-11H2,1-3H3,(H,22,23). The summed E-state index contributed by atoms with van der Waals surface area (Å²) in [6, 6.07) is 7.66. The van der Waals surface area contributed by atoms with Crippen LogP contribution in [0.15, 0.2) is 24.3 Å². The molecule has 0 aliphatic carbocycles. The summed E-state index contributed by atoms with van der Waals surface area (Å²) in [5, 5.41) is 9.19. The molecule has 1 N–H and O–H groups in total. The van der Waals surface area contributed by atoms with E-state index >= 15 is 0 Å². The zero-order chi connectivity index (χ0) is 17.2. The summed E-state index contributed by atoms with van der Waals surface area (Å²) in [6.07, 6.45) is 1.24. The lowest BCUT2D eigenvalue weighted by Gasteiger charge is -2.33. The number of carbonyl (C=O) groups excluding carboxylic acids is 2. The molecule has 0 unspecified atom stereocenters. The number of hydrogen-bond donors (Lipinski definition) is 1. The summed E-state index contributed by atoms with van der Waals surface area (Å²) in [4.78, 5) is 38.5. The van der Waals surface area contributed by atoms with Crippen molar-refractivity contribution < 1.29 is 19.5 Å². The third-order valence-electron chi connectivity index (χ3n) is 4.48. The highest BCUT2D eigenvalue weighted by Gasteiger charge is 2.35. The molecule has 6 nitrogen and oxygen atoms in total. The summed E-state index contributed by atoms with van der Waals surface area (Å²) in [6.45, 7) is 3.22. The monoisotopic (exact) mass is 318 g/mol. The van der Waals surface area contributed by atoms with Crippen molar-refractivity contribution in [3.8, 4) is 0 Å². The van der Waals surface area contributed by atoms with Crippen molar-refractivity contribution in [1.82, 2.24) is 4.90 Å². The van der Waals surface area contributed by atoms with Gasteiger partial charge < -0.3 is 14.9 Å². The molecule has 0 fully saturated rings. The van der Waals surface area contributed by atoms with Crippen molar-refractivity contribution in [1.29, 1.82) is 0 Å². The van der Waals surface area contributed by atoms with E-state index in [9.17, 15) is 19.5 Å². The summed E-state index contributed by atoms with van der Waals surface area (Å²) in [7, 11) is 1.47. The maximum absolute atomic E-state index is 12.3. The molecule has 0 spiro atoms. The molecule has 1 aliphatic rings. The Bertz CT molecular complexity index is 639. The van der Waals surface area contributed by atoms with E-state index in [1.165, 1.54) is 25.8 Å². The minimum absolute atomic E-state index is 0.00310. The van der Waals surface area contributed by atoms with Crippen LogP contribution < -0.4 is 4.90 Å². The number of hydrogen-bond acceptors (Lipinski definition) is 3. The Balaban J connectivity index is 2.07. The van der Waals surface area contributed by atoms with Gasteiger partial charge in [-0.15, -0.1) is 0 Å². The van der Waals surface area contributed by atoms with Crippen LogP contribution in [0.1, 0.15) is 32.3 Å². The second-order valence-electron chi connectivity index (χ2n) is 6.24. The minimum atomic E-state index is -1.28. The molecule has 1 aromatic rings. The molecular formula is C17H22N2O4. The first-order valence-electron chi connectivity index (χ1n) is 7.63. The van der Waals surface area contributed by atoms with Gasteiger partial charge in [0.15, 0.2) is 0 Å². The molecule has 0 saturated heterocycles. The number of anilines is 1. The lowest BCUT2D eigenvalue weighted by molar-refractivity contribution is -0.155. The average molecular weight is 318 g/mol. The van der Waals surface area contributed by atoms with Crippen molar-refractivity contribution in [2.75, 3.05) is 18.5 Å². The second-order valence-corrected chi connectivity index (χ2v) is 6.24. The van der Waals surface area contributed by atoms with E-state index in [4.69, 9.17) is 0 Å². The van der Waals surface area contributed by atoms with Gasteiger partial charge in [0, 0.05) is 32.1 Å². The Morgan fingerprint density at radius 1 is 1.26 bits per heavy atom.